The number of carbonyl (C=O) groups excluding carboxylic acids is 1. The number of ether oxygens (including phenoxy) is 1. The molecule has 5 aromatic rings. The summed E-state index contributed by atoms with van der Waals surface area (Å²) in [6.45, 7) is 6.98. The van der Waals surface area contributed by atoms with Crippen LogP contribution < -0.4 is 15.8 Å². The predicted octanol–water partition coefficient (Wildman–Crippen LogP) is 7.63. The number of aliphatic carboxylic acids is 1. The third kappa shape index (κ3) is 7.26. The number of carboxylic acid groups (broad SMARTS) is 1. The lowest BCUT2D eigenvalue weighted by atomic mass is 9.73. The zero-order valence-electron chi connectivity index (χ0n) is 28.2. The molecule has 0 fully saturated rings. The number of nitrogens with zero attached hydrogens (tertiary/aromatic N) is 1. The first-order valence-corrected chi connectivity index (χ1v) is 16.6. The number of aryl methyl sites for hydroxylation is 2. The normalized spacial score (nSPS) is 16.0. The standard InChI is InChI=1S/C42H41N3O4/c1-28-15-17-30(18-16-28)27-42(3)37(45(24-22-40(47)48)35-20-19-31-9-6-7-12-34(31)41(35)42)13-8-14-39(44-23-21-38(43)46)49-36-26-33-11-5-4-10-32(33)25-29(36)2/h4-20,25-26H,21-24,27H2,1-3H3,(H3,43,46,47,48)/p+1. The first-order valence-electron chi connectivity index (χ1n) is 16.6. The summed E-state index contributed by atoms with van der Waals surface area (Å²) in [4.78, 5) is 23.5. The number of carbonyl (C=O) groups is 2. The van der Waals surface area contributed by atoms with Crippen molar-refractivity contribution < 1.29 is 24.0 Å². The zero-order chi connectivity index (χ0) is 34.5. The SMILES string of the molecule is Cc1ccc(CC2(C)C(/C=C/C=C(/NCCC(N)=O)Oc3cc4ccccc4cc3C)=[N+](CCC(=O)O)c3ccc4ccccc4c32)cc1. The summed E-state index contributed by atoms with van der Waals surface area (Å²) in [5, 5.41) is 17.5. The maximum absolute atomic E-state index is 11.9. The molecule has 248 valence electrons. The van der Waals surface area contributed by atoms with Crippen molar-refractivity contribution in [3.63, 3.8) is 0 Å². The van der Waals surface area contributed by atoms with Gasteiger partial charge in [0.1, 0.15) is 12.2 Å². The Hall–Kier alpha value is -5.69. The van der Waals surface area contributed by atoms with Crippen LogP contribution >= 0.6 is 0 Å². The maximum atomic E-state index is 11.9. The first kappa shape index (κ1) is 33.2. The van der Waals surface area contributed by atoms with Gasteiger partial charge >= 0.3 is 5.97 Å². The highest BCUT2D eigenvalue weighted by Crippen LogP contribution is 2.46. The number of fused-ring (bicyclic) bond motifs is 4. The minimum atomic E-state index is -0.849. The van der Waals surface area contributed by atoms with E-state index in [4.69, 9.17) is 10.5 Å². The fourth-order valence-corrected chi connectivity index (χ4v) is 6.86. The van der Waals surface area contributed by atoms with Gasteiger partial charge in [-0.05, 0) is 84.1 Å². The van der Waals surface area contributed by atoms with E-state index < -0.39 is 17.3 Å². The summed E-state index contributed by atoms with van der Waals surface area (Å²) in [5.74, 6) is -0.0890. The third-order valence-corrected chi connectivity index (χ3v) is 9.27. The molecule has 1 aliphatic heterocycles. The van der Waals surface area contributed by atoms with Gasteiger partial charge in [-0.2, -0.15) is 4.58 Å². The Balaban J connectivity index is 1.45. The maximum Gasteiger partial charge on any atom is 0.309 e. The lowest BCUT2D eigenvalue weighted by Gasteiger charge is -2.24. The number of nitrogens with one attached hydrogen (secondary N) is 1. The van der Waals surface area contributed by atoms with Gasteiger partial charge in [0.05, 0.1) is 5.41 Å². The van der Waals surface area contributed by atoms with Gasteiger partial charge in [-0.15, -0.1) is 0 Å². The van der Waals surface area contributed by atoms with E-state index in [0.29, 0.717) is 24.7 Å². The molecular weight excluding hydrogens is 610 g/mol. The monoisotopic (exact) mass is 652 g/mol. The lowest BCUT2D eigenvalue weighted by molar-refractivity contribution is -0.436. The van der Waals surface area contributed by atoms with E-state index in [1.807, 2.05) is 49.4 Å². The van der Waals surface area contributed by atoms with Gasteiger partial charge in [0.25, 0.3) is 0 Å². The van der Waals surface area contributed by atoms with Crippen molar-refractivity contribution in [1.29, 1.82) is 0 Å². The van der Waals surface area contributed by atoms with Gasteiger partial charge < -0.3 is 20.9 Å². The van der Waals surface area contributed by atoms with Crippen molar-refractivity contribution in [2.24, 2.45) is 5.73 Å². The molecule has 1 amide bonds. The van der Waals surface area contributed by atoms with E-state index in [2.05, 4.69) is 96.5 Å². The number of benzene rings is 5. The molecule has 0 aromatic heterocycles. The Labute approximate surface area is 287 Å². The highest BCUT2D eigenvalue weighted by Gasteiger charge is 2.48. The third-order valence-electron chi connectivity index (χ3n) is 9.27. The van der Waals surface area contributed by atoms with Crippen molar-refractivity contribution in [3.8, 4) is 5.75 Å². The molecule has 0 bridgehead atoms. The molecule has 0 spiro atoms. The molecule has 0 saturated carbocycles. The highest BCUT2D eigenvalue weighted by atomic mass is 16.5. The van der Waals surface area contributed by atoms with Crippen LogP contribution in [0.2, 0.25) is 0 Å². The molecule has 1 aliphatic rings. The van der Waals surface area contributed by atoms with E-state index in [0.717, 1.165) is 44.9 Å². The molecule has 1 heterocycles. The minimum absolute atomic E-state index is 0.00959. The molecule has 7 heteroatoms. The Kier molecular flexibility index (Phi) is 9.63. The van der Waals surface area contributed by atoms with Crippen LogP contribution in [0.5, 0.6) is 5.75 Å². The molecule has 0 radical (unpaired) electrons. The predicted molar refractivity (Wildman–Crippen MR) is 197 cm³/mol. The number of hydrogen-bond donors (Lipinski definition) is 3. The van der Waals surface area contributed by atoms with Crippen molar-refractivity contribution >= 4 is 44.8 Å². The fraction of sp³-hybridized carbons (Fsp3) is 0.214. The van der Waals surface area contributed by atoms with Gasteiger partial charge in [-0.25, -0.2) is 0 Å². The topological polar surface area (TPSA) is 105 Å². The molecule has 7 nitrogen and oxygen atoms in total. The van der Waals surface area contributed by atoms with E-state index in [1.54, 1.807) is 0 Å². The molecule has 1 unspecified atom stereocenters. The van der Waals surface area contributed by atoms with Crippen LogP contribution in [-0.2, 0) is 21.4 Å². The van der Waals surface area contributed by atoms with Gasteiger partial charge in [-0.3, -0.25) is 9.59 Å². The second-order valence-electron chi connectivity index (χ2n) is 13.0. The summed E-state index contributed by atoms with van der Waals surface area (Å²) in [7, 11) is 0. The van der Waals surface area contributed by atoms with Crippen LogP contribution in [0, 0.1) is 13.8 Å². The van der Waals surface area contributed by atoms with Crippen molar-refractivity contribution in [1.82, 2.24) is 5.32 Å². The minimum Gasteiger partial charge on any atom is -0.481 e. The molecule has 5 aromatic carbocycles. The summed E-state index contributed by atoms with van der Waals surface area (Å²) in [6, 6.07) is 33.5. The van der Waals surface area contributed by atoms with Crippen molar-refractivity contribution in [2.45, 2.75) is 45.4 Å². The lowest BCUT2D eigenvalue weighted by Crippen LogP contribution is -2.34. The van der Waals surface area contributed by atoms with Gasteiger partial charge in [-0.1, -0.05) is 84.4 Å². The van der Waals surface area contributed by atoms with Crippen LogP contribution in [0.4, 0.5) is 5.69 Å². The summed E-state index contributed by atoms with van der Waals surface area (Å²) in [5.41, 5.74) is 11.5. The Morgan fingerprint density at radius 3 is 2.31 bits per heavy atom. The Morgan fingerprint density at radius 1 is 0.898 bits per heavy atom. The van der Waals surface area contributed by atoms with Crippen molar-refractivity contribution in [2.75, 3.05) is 13.1 Å². The van der Waals surface area contributed by atoms with Crippen LogP contribution in [0.3, 0.4) is 0 Å². The van der Waals surface area contributed by atoms with Crippen LogP contribution in [0.15, 0.2) is 121 Å². The molecule has 6 rings (SSSR count). The van der Waals surface area contributed by atoms with Crippen LogP contribution in [-0.4, -0.2) is 40.4 Å². The highest BCUT2D eigenvalue weighted by molar-refractivity contribution is 6.08. The molecule has 0 aliphatic carbocycles. The Morgan fingerprint density at radius 2 is 1.59 bits per heavy atom. The number of primary amides is 1. The molecule has 49 heavy (non-hydrogen) atoms. The number of nitrogens with two attached hydrogens (primary N) is 1. The van der Waals surface area contributed by atoms with E-state index in [1.165, 1.54) is 16.7 Å². The quantitative estimate of drug-likeness (QED) is 0.0690. The summed E-state index contributed by atoms with van der Waals surface area (Å²) in [6.07, 6.45) is 6.72. The number of rotatable bonds is 13. The van der Waals surface area contributed by atoms with Gasteiger partial charge in [0.2, 0.25) is 11.6 Å². The average Bonchev–Trinajstić information content (AvgIpc) is 3.31. The molecular formula is C42H42N3O4+. The second-order valence-corrected chi connectivity index (χ2v) is 13.0. The largest absolute Gasteiger partial charge is 0.481 e. The number of amides is 1. The van der Waals surface area contributed by atoms with Gasteiger partial charge in [0.15, 0.2) is 18.1 Å². The van der Waals surface area contributed by atoms with E-state index in [9.17, 15) is 14.7 Å². The molecule has 0 saturated heterocycles. The first-order chi connectivity index (χ1) is 23.6. The number of carboxylic acids is 1. The van der Waals surface area contributed by atoms with E-state index >= 15 is 0 Å². The summed E-state index contributed by atoms with van der Waals surface area (Å²) >= 11 is 0. The van der Waals surface area contributed by atoms with Gasteiger partial charge in [0, 0.05) is 30.7 Å². The average molecular weight is 653 g/mol. The van der Waals surface area contributed by atoms with Crippen LogP contribution in [0.1, 0.15) is 42.0 Å². The number of allylic oxidation sites excluding steroid dienone is 3. The number of hydrogen-bond acceptors (Lipinski definition) is 4. The van der Waals surface area contributed by atoms with E-state index in [-0.39, 0.29) is 12.8 Å². The fourth-order valence-electron chi connectivity index (χ4n) is 6.86. The Bertz CT molecular complexity index is 2150. The van der Waals surface area contributed by atoms with Crippen LogP contribution in [0.25, 0.3) is 21.5 Å². The smallest absolute Gasteiger partial charge is 0.309 e. The summed E-state index contributed by atoms with van der Waals surface area (Å²) < 4.78 is 8.59. The second kappa shape index (κ2) is 14.2. The molecule has 4 N–H and O–H groups in total. The molecule has 1 atom stereocenters. The zero-order valence-corrected chi connectivity index (χ0v) is 28.2. The van der Waals surface area contributed by atoms with Crippen molar-refractivity contribution in [3.05, 3.63) is 143 Å².